The fraction of sp³-hybridized carbons (Fsp3) is 0.857. The van der Waals surface area contributed by atoms with Crippen molar-refractivity contribution in [2.45, 2.75) is 25.7 Å². The highest BCUT2D eigenvalue weighted by molar-refractivity contribution is 5.83. The highest BCUT2D eigenvalue weighted by atomic mass is 16.1. The molecule has 4 nitrogen and oxygen atoms in total. The van der Waals surface area contributed by atoms with Crippen molar-refractivity contribution < 1.29 is 4.79 Å². The zero-order valence-electron chi connectivity index (χ0n) is 6.36. The second-order valence-electron chi connectivity index (χ2n) is 2.84. The summed E-state index contributed by atoms with van der Waals surface area (Å²) in [6.45, 7) is 0.0428. The van der Waals surface area contributed by atoms with Crippen LogP contribution in [0.1, 0.15) is 25.7 Å². The van der Waals surface area contributed by atoms with Crippen LogP contribution in [0.4, 0.5) is 0 Å². The molecule has 0 aromatic carbocycles. The molecule has 0 unspecified atom stereocenters. The number of carbonyl (C=O) groups excluding carboxylic acids is 1. The summed E-state index contributed by atoms with van der Waals surface area (Å²) in [5, 5.41) is 3.25. The maximum atomic E-state index is 11.1. The Hall–Kier alpha value is -1.02. The van der Waals surface area contributed by atoms with Crippen molar-refractivity contribution >= 4 is 5.78 Å². The number of hydrogen-bond acceptors (Lipinski definition) is 2. The third-order valence-corrected chi connectivity index (χ3v) is 2.10. The minimum Gasteiger partial charge on any atom is -0.299 e. The maximum absolute atomic E-state index is 11.1. The molecule has 0 heterocycles. The van der Waals surface area contributed by atoms with E-state index in [1.165, 1.54) is 0 Å². The van der Waals surface area contributed by atoms with Gasteiger partial charge < -0.3 is 0 Å². The summed E-state index contributed by atoms with van der Waals surface area (Å²) >= 11 is 0. The van der Waals surface area contributed by atoms with E-state index in [1.54, 1.807) is 0 Å². The van der Waals surface area contributed by atoms with Crippen LogP contribution in [0.15, 0.2) is 5.11 Å². The van der Waals surface area contributed by atoms with Gasteiger partial charge in [0.1, 0.15) is 5.78 Å². The van der Waals surface area contributed by atoms with Gasteiger partial charge in [0.2, 0.25) is 0 Å². The molecular weight excluding hydrogens is 142 g/mol. The second kappa shape index (κ2) is 3.98. The minimum atomic E-state index is 0.0428. The Kier molecular flexibility index (Phi) is 2.93. The molecule has 0 aromatic heterocycles. The average Bonchev–Trinajstić information content (AvgIpc) is 2.52. The molecule has 0 spiro atoms. The van der Waals surface area contributed by atoms with Crippen LogP contribution in [-0.2, 0) is 4.79 Å². The molecule has 0 atom stereocenters. The van der Waals surface area contributed by atoms with Crippen molar-refractivity contribution in [1.82, 2.24) is 0 Å². The van der Waals surface area contributed by atoms with Crippen LogP contribution in [0.5, 0.6) is 0 Å². The Morgan fingerprint density at radius 3 is 2.73 bits per heavy atom. The van der Waals surface area contributed by atoms with E-state index in [4.69, 9.17) is 5.53 Å². The predicted molar refractivity (Wildman–Crippen MR) is 41.0 cm³/mol. The third-order valence-electron chi connectivity index (χ3n) is 2.10. The number of rotatable bonds is 3. The highest BCUT2D eigenvalue weighted by Gasteiger charge is 2.21. The molecular formula is C7H11N3O. The lowest BCUT2D eigenvalue weighted by Crippen LogP contribution is -2.13. The van der Waals surface area contributed by atoms with Crippen LogP contribution in [-0.4, -0.2) is 12.3 Å². The van der Waals surface area contributed by atoms with E-state index in [-0.39, 0.29) is 18.2 Å². The summed E-state index contributed by atoms with van der Waals surface area (Å²) in [7, 11) is 0. The Balaban J connectivity index is 2.34. The zero-order valence-corrected chi connectivity index (χ0v) is 6.36. The lowest BCUT2D eigenvalue weighted by atomic mass is 10.0. The molecule has 0 aliphatic heterocycles. The predicted octanol–water partition coefficient (Wildman–Crippen LogP) is 2.06. The number of Topliss-reactive ketones (excluding diaryl/α,β-unsaturated/α-hetero) is 1. The van der Waals surface area contributed by atoms with Gasteiger partial charge in [0, 0.05) is 10.8 Å². The smallest absolute Gasteiger partial charge is 0.141 e. The maximum Gasteiger partial charge on any atom is 0.141 e. The Bertz CT molecular complexity index is 190. The molecule has 1 fully saturated rings. The number of nitrogens with zero attached hydrogens (tertiary/aromatic N) is 3. The molecule has 0 bridgehead atoms. The summed E-state index contributed by atoms with van der Waals surface area (Å²) in [5.74, 6) is 0.292. The van der Waals surface area contributed by atoms with Gasteiger partial charge >= 0.3 is 0 Å². The van der Waals surface area contributed by atoms with E-state index in [1.807, 2.05) is 0 Å². The van der Waals surface area contributed by atoms with E-state index >= 15 is 0 Å². The zero-order chi connectivity index (χ0) is 8.10. The van der Waals surface area contributed by atoms with Crippen molar-refractivity contribution in [3.05, 3.63) is 10.4 Å². The molecule has 60 valence electrons. The standard InChI is InChI=1S/C7H11N3O/c8-10-9-5-7(11)6-3-1-2-4-6/h6H,1-5H2. The Morgan fingerprint density at radius 1 is 1.55 bits per heavy atom. The van der Waals surface area contributed by atoms with Crippen LogP contribution in [0.3, 0.4) is 0 Å². The van der Waals surface area contributed by atoms with Gasteiger partial charge in [-0.2, -0.15) is 0 Å². The van der Waals surface area contributed by atoms with Gasteiger partial charge in [-0.1, -0.05) is 18.0 Å². The first-order chi connectivity index (χ1) is 5.34. The molecule has 0 amide bonds. The topological polar surface area (TPSA) is 65.8 Å². The molecule has 0 N–H and O–H groups in total. The molecule has 4 heteroatoms. The highest BCUT2D eigenvalue weighted by Crippen LogP contribution is 2.25. The van der Waals surface area contributed by atoms with Crippen molar-refractivity contribution in [3.63, 3.8) is 0 Å². The van der Waals surface area contributed by atoms with Crippen molar-refractivity contribution in [1.29, 1.82) is 0 Å². The molecule has 1 saturated carbocycles. The lowest BCUT2D eigenvalue weighted by molar-refractivity contribution is -0.121. The molecule has 1 aliphatic carbocycles. The summed E-state index contributed by atoms with van der Waals surface area (Å²) < 4.78 is 0. The molecule has 1 aliphatic rings. The Morgan fingerprint density at radius 2 is 2.18 bits per heavy atom. The summed E-state index contributed by atoms with van der Waals surface area (Å²) in [6.07, 6.45) is 4.26. The van der Waals surface area contributed by atoms with Gasteiger partial charge in [0.05, 0.1) is 6.54 Å². The van der Waals surface area contributed by atoms with Gasteiger partial charge in [-0.15, -0.1) is 0 Å². The van der Waals surface area contributed by atoms with Gasteiger partial charge in [-0.3, -0.25) is 4.79 Å². The SMILES string of the molecule is [N-]=[N+]=NCC(=O)C1CCCC1. The van der Waals surface area contributed by atoms with Gasteiger partial charge in [0.25, 0.3) is 0 Å². The van der Waals surface area contributed by atoms with Crippen LogP contribution in [0, 0.1) is 5.92 Å². The van der Waals surface area contributed by atoms with Crippen LogP contribution < -0.4 is 0 Å². The number of carbonyl (C=O) groups is 1. The third kappa shape index (κ3) is 2.24. The molecule has 0 radical (unpaired) electrons. The van der Waals surface area contributed by atoms with Crippen molar-refractivity contribution in [2.24, 2.45) is 11.0 Å². The van der Waals surface area contributed by atoms with Gasteiger partial charge in [0.15, 0.2) is 0 Å². The number of azide groups is 1. The van der Waals surface area contributed by atoms with E-state index in [2.05, 4.69) is 10.0 Å². The fourth-order valence-electron chi connectivity index (χ4n) is 1.48. The minimum absolute atomic E-state index is 0.0428. The average molecular weight is 153 g/mol. The molecule has 0 saturated heterocycles. The summed E-state index contributed by atoms with van der Waals surface area (Å²) in [4.78, 5) is 13.7. The van der Waals surface area contributed by atoms with E-state index in [0.29, 0.717) is 0 Å². The van der Waals surface area contributed by atoms with Crippen LogP contribution in [0.25, 0.3) is 10.4 Å². The molecule has 1 rings (SSSR count). The first-order valence-corrected chi connectivity index (χ1v) is 3.88. The quantitative estimate of drug-likeness (QED) is 0.347. The summed E-state index contributed by atoms with van der Waals surface area (Å²) in [5.41, 5.74) is 7.96. The van der Waals surface area contributed by atoms with Crippen LogP contribution >= 0.6 is 0 Å². The second-order valence-corrected chi connectivity index (χ2v) is 2.84. The van der Waals surface area contributed by atoms with Crippen molar-refractivity contribution in [2.75, 3.05) is 6.54 Å². The largest absolute Gasteiger partial charge is 0.299 e. The first kappa shape index (κ1) is 8.08. The van der Waals surface area contributed by atoms with E-state index < -0.39 is 0 Å². The van der Waals surface area contributed by atoms with Gasteiger partial charge in [-0.05, 0) is 18.4 Å². The van der Waals surface area contributed by atoms with E-state index in [9.17, 15) is 4.79 Å². The number of ketones is 1. The van der Waals surface area contributed by atoms with Gasteiger partial charge in [-0.25, -0.2) is 0 Å². The molecule has 0 aromatic rings. The van der Waals surface area contributed by atoms with Crippen LogP contribution in [0.2, 0.25) is 0 Å². The first-order valence-electron chi connectivity index (χ1n) is 3.88. The van der Waals surface area contributed by atoms with Crippen molar-refractivity contribution in [3.8, 4) is 0 Å². The summed E-state index contributed by atoms with van der Waals surface area (Å²) in [6, 6.07) is 0. The Labute approximate surface area is 65.2 Å². The monoisotopic (exact) mass is 153 g/mol. The lowest BCUT2D eigenvalue weighted by Gasteiger charge is -2.02. The van der Waals surface area contributed by atoms with E-state index in [0.717, 1.165) is 25.7 Å². The number of hydrogen-bond donors (Lipinski definition) is 0. The normalized spacial score (nSPS) is 17.8. The molecule has 11 heavy (non-hydrogen) atoms. The fourth-order valence-corrected chi connectivity index (χ4v) is 1.48.